The third-order valence-electron chi connectivity index (χ3n) is 8.43. The number of benzene rings is 1. The number of allylic oxidation sites excluding steroid dienone is 4. The molecule has 11 nitrogen and oxygen atoms in total. The van der Waals surface area contributed by atoms with E-state index in [0.29, 0.717) is 17.6 Å². The molecule has 1 heterocycles. The van der Waals surface area contributed by atoms with Crippen LogP contribution in [-0.2, 0) is 28.6 Å². The van der Waals surface area contributed by atoms with Crippen LogP contribution < -0.4 is 16.4 Å². The second kappa shape index (κ2) is 17.5. The molecule has 11 heteroatoms. The van der Waals surface area contributed by atoms with E-state index in [1.54, 1.807) is 75.4 Å². The first kappa shape index (κ1) is 37.9. The Morgan fingerprint density at radius 1 is 1.10 bits per heavy atom. The molecule has 1 aromatic rings. The summed E-state index contributed by atoms with van der Waals surface area (Å²) in [5, 5.41) is 17.2. The molecular formula is C37H47N3O8. The SMILES string of the molecule is C=CCNC1=C2CC(C)CC(OC)C(O)C(C)C=C(C)C(OC(N)=O)C(OC)C=CC=C(C)C(=O)NC(=C(c3ccccc3)C1=O)C2=O. The maximum atomic E-state index is 14.3. The number of primary amides is 1. The van der Waals surface area contributed by atoms with Crippen LogP contribution in [0.4, 0.5) is 4.79 Å². The Kier molecular flexibility index (Phi) is 13.8. The van der Waals surface area contributed by atoms with Gasteiger partial charge in [-0.1, -0.05) is 74.6 Å². The van der Waals surface area contributed by atoms with Crippen molar-refractivity contribution in [1.29, 1.82) is 0 Å². The second-order valence-electron chi connectivity index (χ2n) is 12.1. The lowest BCUT2D eigenvalue weighted by molar-refractivity contribution is -0.120. The standard InChI is InChI=1S/C37H47N3O8/c1-8-17-39-30-26-18-21(2)19-28(47-7)32(41)23(4)20-24(5)35(48-37(38)45)27(46-6)16-12-13-22(3)36(44)40-31(33(26)42)29(34(30)43)25-14-10-9-11-15-25/h8-16,20-21,23,27-28,32,35,39,41H,1,17-19H2,2-7H3,(H2,38,45)(H,40,44). The van der Waals surface area contributed by atoms with Gasteiger partial charge in [0.2, 0.25) is 11.6 Å². The van der Waals surface area contributed by atoms with Crippen LogP contribution in [0.3, 0.4) is 0 Å². The Balaban J connectivity index is 2.23. The number of aliphatic hydroxyl groups is 1. The average Bonchev–Trinajstić information content (AvgIpc) is 3.06. The van der Waals surface area contributed by atoms with Gasteiger partial charge in [-0.2, -0.15) is 0 Å². The van der Waals surface area contributed by atoms with Gasteiger partial charge in [0.15, 0.2) is 6.10 Å². The van der Waals surface area contributed by atoms with Crippen LogP contribution in [0, 0.1) is 11.8 Å². The van der Waals surface area contributed by atoms with E-state index in [1.165, 1.54) is 20.3 Å². The molecule has 0 saturated carbocycles. The van der Waals surface area contributed by atoms with Gasteiger partial charge in [0.1, 0.15) is 11.8 Å². The third-order valence-corrected chi connectivity index (χ3v) is 8.43. The molecule has 0 aromatic heterocycles. The first-order valence-corrected chi connectivity index (χ1v) is 15.9. The van der Waals surface area contributed by atoms with Crippen molar-refractivity contribution in [2.45, 2.75) is 65.0 Å². The Morgan fingerprint density at radius 3 is 2.40 bits per heavy atom. The number of ether oxygens (including phenoxy) is 3. The van der Waals surface area contributed by atoms with Crippen LogP contribution in [0.1, 0.15) is 46.1 Å². The van der Waals surface area contributed by atoms with Crippen molar-refractivity contribution in [2.24, 2.45) is 17.6 Å². The van der Waals surface area contributed by atoms with Crippen molar-refractivity contribution in [3.8, 4) is 0 Å². The van der Waals surface area contributed by atoms with Gasteiger partial charge in [-0.25, -0.2) is 4.79 Å². The van der Waals surface area contributed by atoms with Crippen molar-refractivity contribution in [3.63, 3.8) is 0 Å². The number of hydrogen-bond donors (Lipinski definition) is 4. The molecule has 5 N–H and O–H groups in total. The molecule has 0 spiro atoms. The van der Waals surface area contributed by atoms with Crippen LogP contribution in [0.25, 0.3) is 5.57 Å². The molecule has 2 amide bonds. The van der Waals surface area contributed by atoms with Crippen molar-refractivity contribution in [1.82, 2.24) is 10.6 Å². The Labute approximate surface area is 282 Å². The zero-order valence-corrected chi connectivity index (χ0v) is 28.4. The summed E-state index contributed by atoms with van der Waals surface area (Å²) in [7, 11) is 2.93. The van der Waals surface area contributed by atoms with E-state index in [2.05, 4.69) is 17.2 Å². The highest BCUT2D eigenvalue weighted by atomic mass is 16.6. The maximum absolute atomic E-state index is 14.3. The summed E-state index contributed by atoms with van der Waals surface area (Å²) in [6.45, 7) is 11.0. The molecule has 1 aliphatic heterocycles. The summed E-state index contributed by atoms with van der Waals surface area (Å²) in [6.07, 6.45) is 4.13. The zero-order valence-electron chi connectivity index (χ0n) is 28.4. The van der Waals surface area contributed by atoms with Gasteiger partial charge in [0.25, 0.3) is 5.91 Å². The summed E-state index contributed by atoms with van der Waals surface area (Å²) in [5.41, 5.74) is 6.97. The lowest BCUT2D eigenvalue weighted by Crippen LogP contribution is -2.39. The van der Waals surface area contributed by atoms with Crippen LogP contribution in [0.2, 0.25) is 0 Å². The minimum Gasteiger partial charge on any atom is -0.439 e. The molecule has 0 radical (unpaired) electrons. The molecule has 258 valence electrons. The third kappa shape index (κ3) is 9.27. The van der Waals surface area contributed by atoms with Gasteiger partial charge < -0.3 is 35.7 Å². The van der Waals surface area contributed by atoms with E-state index in [1.807, 2.05) is 6.92 Å². The van der Waals surface area contributed by atoms with Gasteiger partial charge in [-0.05, 0) is 43.7 Å². The number of carbonyl (C=O) groups is 4. The van der Waals surface area contributed by atoms with E-state index < -0.39 is 53.9 Å². The first-order valence-electron chi connectivity index (χ1n) is 15.9. The lowest BCUT2D eigenvalue weighted by atomic mass is 9.81. The monoisotopic (exact) mass is 661 g/mol. The number of ketones is 2. The predicted octanol–water partition coefficient (Wildman–Crippen LogP) is 4.07. The van der Waals surface area contributed by atoms with Gasteiger partial charge in [0.05, 0.1) is 23.5 Å². The Morgan fingerprint density at radius 2 is 1.79 bits per heavy atom. The smallest absolute Gasteiger partial charge is 0.405 e. The van der Waals surface area contributed by atoms with Gasteiger partial charge >= 0.3 is 6.09 Å². The van der Waals surface area contributed by atoms with Crippen molar-refractivity contribution < 1.29 is 38.5 Å². The van der Waals surface area contributed by atoms with Crippen LogP contribution in [0.15, 0.2) is 95.4 Å². The Hall–Kier alpha value is -4.58. The molecule has 2 bridgehead atoms. The molecule has 0 saturated heterocycles. The number of methoxy groups -OCH3 is 2. The number of fused-ring (bicyclic) bond motifs is 2. The summed E-state index contributed by atoms with van der Waals surface area (Å²) >= 11 is 0. The quantitative estimate of drug-likeness (QED) is 0.249. The molecular weight excluding hydrogens is 614 g/mol. The fourth-order valence-corrected chi connectivity index (χ4v) is 5.90. The molecule has 2 aliphatic rings. The number of hydrogen-bond acceptors (Lipinski definition) is 9. The van der Waals surface area contributed by atoms with Gasteiger partial charge in [0, 0.05) is 37.8 Å². The van der Waals surface area contributed by atoms with Crippen LogP contribution >= 0.6 is 0 Å². The average molecular weight is 662 g/mol. The molecule has 6 unspecified atom stereocenters. The first-order chi connectivity index (χ1) is 22.8. The van der Waals surface area contributed by atoms with Gasteiger partial charge in [-0.3, -0.25) is 14.4 Å². The fraction of sp³-hybridized carbons (Fsp3) is 0.405. The molecule has 3 rings (SSSR count). The summed E-state index contributed by atoms with van der Waals surface area (Å²) in [4.78, 5) is 53.9. The minimum atomic E-state index is -1.01. The summed E-state index contributed by atoms with van der Waals surface area (Å²) < 4.78 is 16.8. The van der Waals surface area contributed by atoms with E-state index in [4.69, 9.17) is 19.9 Å². The van der Waals surface area contributed by atoms with Crippen molar-refractivity contribution in [3.05, 3.63) is 101 Å². The number of amides is 2. The van der Waals surface area contributed by atoms with E-state index in [9.17, 15) is 24.3 Å². The molecule has 6 atom stereocenters. The summed E-state index contributed by atoms with van der Waals surface area (Å²) in [6, 6.07) is 8.69. The fourth-order valence-electron chi connectivity index (χ4n) is 5.90. The topological polar surface area (TPSA) is 166 Å². The van der Waals surface area contributed by atoms with E-state index in [0.717, 1.165) is 0 Å². The second-order valence-corrected chi connectivity index (χ2v) is 12.1. The zero-order chi connectivity index (χ0) is 35.5. The number of nitrogens with two attached hydrogens (primary N) is 1. The Bertz CT molecular complexity index is 1540. The summed E-state index contributed by atoms with van der Waals surface area (Å²) in [5.74, 6) is -2.23. The van der Waals surface area contributed by atoms with Crippen molar-refractivity contribution >= 4 is 29.1 Å². The number of aliphatic hydroxyl groups excluding tert-OH is 1. The minimum absolute atomic E-state index is 0.0672. The highest BCUT2D eigenvalue weighted by Gasteiger charge is 2.37. The van der Waals surface area contributed by atoms with Gasteiger partial charge in [-0.15, -0.1) is 6.58 Å². The van der Waals surface area contributed by atoms with E-state index >= 15 is 0 Å². The van der Waals surface area contributed by atoms with Crippen LogP contribution in [0.5, 0.6) is 0 Å². The normalized spacial score (nSPS) is 26.4. The van der Waals surface area contributed by atoms with Crippen molar-refractivity contribution in [2.75, 3.05) is 20.8 Å². The number of Topliss-reactive ketones (excluding diaryl/α,β-unsaturated/α-hetero) is 2. The van der Waals surface area contributed by atoms with E-state index in [-0.39, 0.29) is 47.0 Å². The molecule has 1 aliphatic carbocycles. The lowest BCUT2D eigenvalue weighted by Gasteiger charge is -2.30. The largest absolute Gasteiger partial charge is 0.439 e. The number of carbonyl (C=O) groups excluding carboxylic acids is 4. The number of nitrogens with one attached hydrogen (secondary N) is 2. The molecule has 48 heavy (non-hydrogen) atoms. The highest BCUT2D eigenvalue weighted by Crippen LogP contribution is 2.34. The highest BCUT2D eigenvalue weighted by molar-refractivity contribution is 6.39. The molecule has 0 fully saturated rings. The number of rotatable bonds is 7. The molecule has 1 aromatic carbocycles. The van der Waals surface area contributed by atoms with Crippen LogP contribution in [-0.4, -0.2) is 73.9 Å². The maximum Gasteiger partial charge on any atom is 0.405 e. The predicted molar refractivity (Wildman–Crippen MR) is 183 cm³/mol.